The van der Waals surface area contributed by atoms with Crippen LogP contribution in [0.4, 0.5) is 16.9 Å². The zero-order valence-electron chi connectivity index (χ0n) is 17.3. The number of thiazole rings is 1. The summed E-state index contributed by atoms with van der Waals surface area (Å²) >= 11 is 4.99. The van der Waals surface area contributed by atoms with Crippen molar-refractivity contribution >= 4 is 64.5 Å². The number of aromatic nitrogens is 3. The summed E-state index contributed by atoms with van der Waals surface area (Å²) in [5.41, 5.74) is 1.36. The maximum atomic E-state index is 11.4. The molecule has 0 bridgehead atoms. The van der Waals surface area contributed by atoms with E-state index in [4.69, 9.17) is 4.18 Å². The maximum absolute atomic E-state index is 11.4. The Kier molecular flexibility index (Phi) is 6.75. The van der Waals surface area contributed by atoms with Crippen LogP contribution in [0.2, 0.25) is 0 Å². The van der Waals surface area contributed by atoms with Crippen molar-refractivity contribution in [2.75, 3.05) is 16.9 Å². The Morgan fingerprint density at radius 2 is 1.94 bits per heavy atom. The van der Waals surface area contributed by atoms with E-state index >= 15 is 0 Å². The van der Waals surface area contributed by atoms with E-state index in [0.717, 1.165) is 39.7 Å². The van der Waals surface area contributed by atoms with E-state index in [-0.39, 0.29) is 6.61 Å². The van der Waals surface area contributed by atoms with Gasteiger partial charge in [-0.15, -0.1) is 0 Å². The van der Waals surface area contributed by atoms with E-state index < -0.39 is 10.1 Å². The lowest BCUT2D eigenvalue weighted by Crippen LogP contribution is -2.26. The van der Waals surface area contributed by atoms with Crippen molar-refractivity contribution in [3.8, 4) is 0 Å². The van der Waals surface area contributed by atoms with Gasteiger partial charge in [-0.2, -0.15) is 13.4 Å². The highest BCUT2D eigenvalue weighted by atomic mass is 79.9. The average Bonchev–Trinajstić information content (AvgIpc) is 3.09. The van der Waals surface area contributed by atoms with Gasteiger partial charge in [-0.25, -0.2) is 9.97 Å². The van der Waals surface area contributed by atoms with Crippen molar-refractivity contribution in [1.82, 2.24) is 15.0 Å². The standard InChI is InChI=1S/C20H24BrN5O3S2/c1-12-3-6-14(7-4-12)22-19-23-15(11-29-31(2,27)28)10-18(25-19)26-20-24-16-8-5-13(21)9-17(16)30-20/h5,8-10,12,14H,3-4,6-7,11H2,1-2H3,(H2,22,23,24,25,26). The molecule has 0 saturated heterocycles. The highest BCUT2D eigenvalue weighted by molar-refractivity contribution is 9.10. The third-order valence-corrected chi connectivity index (χ3v) is 7.11. The van der Waals surface area contributed by atoms with Crippen LogP contribution in [0.3, 0.4) is 0 Å². The van der Waals surface area contributed by atoms with Crippen LogP contribution in [0, 0.1) is 5.92 Å². The van der Waals surface area contributed by atoms with Gasteiger partial charge < -0.3 is 10.6 Å². The molecular formula is C20H24BrN5O3S2. The Labute approximate surface area is 194 Å². The molecule has 31 heavy (non-hydrogen) atoms. The zero-order valence-corrected chi connectivity index (χ0v) is 20.5. The minimum atomic E-state index is -3.58. The number of hydrogen-bond acceptors (Lipinski definition) is 9. The first-order valence-electron chi connectivity index (χ1n) is 10.1. The fraction of sp³-hybridized carbons (Fsp3) is 0.450. The Hall–Kier alpha value is -1.82. The SMILES string of the molecule is CC1CCC(Nc2nc(COS(C)(=O)=O)cc(Nc3nc4ccc(Br)cc4s3)n2)CC1. The van der Waals surface area contributed by atoms with E-state index in [1.54, 1.807) is 6.07 Å². The summed E-state index contributed by atoms with van der Waals surface area (Å²) in [7, 11) is -3.58. The highest BCUT2D eigenvalue weighted by Crippen LogP contribution is 2.31. The van der Waals surface area contributed by atoms with E-state index in [2.05, 4.69) is 48.4 Å². The van der Waals surface area contributed by atoms with Gasteiger partial charge in [0, 0.05) is 16.6 Å². The van der Waals surface area contributed by atoms with Crippen LogP contribution in [-0.4, -0.2) is 35.7 Å². The summed E-state index contributed by atoms with van der Waals surface area (Å²) in [5, 5.41) is 7.33. The number of anilines is 3. The molecule has 0 amide bonds. The molecule has 4 rings (SSSR count). The molecule has 2 heterocycles. The Morgan fingerprint density at radius 1 is 1.16 bits per heavy atom. The number of hydrogen-bond donors (Lipinski definition) is 2. The van der Waals surface area contributed by atoms with Crippen molar-refractivity contribution in [2.24, 2.45) is 5.92 Å². The van der Waals surface area contributed by atoms with Crippen molar-refractivity contribution in [3.63, 3.8) is 0 Å². The van der Waals surface area contributed by atoms with Gasteiger partial charge in [0.1, 0.15) is 12.4 Å². The molecule has 1 aliphatic rings. The number of halogens is 1. The highest BCUT2D eigenvalue weighted by Gasteiger charge is 2.19. The molecule has 0 aliphatic heterocycles. The maximum Gasteiger partial charge on any atom is 0.264 e. The van der Waals surface area contributed by atoms with Crippen LogP contribution in [0.15, 0.2) is 28.7 Å². The molecule has 166 valence electrons. The first-order chi connectivity index (χ1) is 14.7. The molecule has 0 atom stereocenters. The van der Waals surface area contributed by atoms with Crippen molar-refractivity contribution in [3.05, 3.63) is 34.4 Å². The normalized spacial score (nSPS) is 19.5. The van der Waals surface area contributed by atoms with Crippen LogP contribution in [0.5, 0.6) is 0 Å². The van der Waals surface area contributed by atoms with Crippen molar-refractivity contribution in [2.45, 2.75) is 45.3 Å². The lowest BCUT2D eigenvalue weighted by atomic mass is 9.87. The largest absolute Gasteiger partial charge is 0.351 e. The van der Waals surface area contributed by atoms with Gasteiger partial charge in [-0.3, -0.25) is 4.18 Å². The predicted molar refractivity (Wildman–Crippen MR) is 127 cm³/mol. The Bertz CT molecular complexity index is 1180. The molecule has 11 heteroatoms. The number of fused-ring (bicyclic) bond motifs is 1. The molecule has 3 aromatic rings. The quantitative estimate of drug-likeness (QED) is 0.412. The molecule has 8 nitrogen and oxygen atoms in total. The van der Waals surface area contributed by atoms with Gasteiger partial charge in [0.2, 0.25) is 5.95 Å². The fourth-order valence-electron chi connectivity index (χ4n) is 3.52. The van der Waals surface area contributed by atoms with Crippen LogP contribution in [0.1, 0.15) is 38.3 Å². The summed E-state index contributed by atoms with van der Waals surface area (Å²) in [6.45, 7) is 2.12. The first kappa shape index (κ1) is 22.4. The smallest absolute Gasteiger partial charge is 0.264 e. The van der Waals surface area contributed by atoms with Crippen LogP contribution >= 0.6 is 27.3 Å². The van der Waals surface area contributed by atoms with E-state index in [1.165, 1.54) is 24.2 Å². The van der Waals surface area contributed by atoms with E-state index in [9.17, 15) is 8.42 Å². The van der Waals surface area contributed by atoms with Crippen molar-refractivity contribution in [1.29, 1.82) is 0 Å². The molecular weight excluding hydrogens is 502 g/mol. The second-order valence-electron chi connectivity index (χ2n) is 7.89. The zero-order chi connectivity index (χ0) is 22.0. The predicted octanol–water partition coefficient (Wildman–Crippen LogP) is 5.06. The van der Waals surface area contributed by atoms with Crippen LogP contribution in [0.25, 0.3) is 10.2 Å². The molecule has 1 aliphatic carbocycles. The fourth-order valence-corrected chi connectivity index (χ4v) is 5.28. The second-order valence-corrected chi connectivity index (χ2v) is 11.5. The van der Waals surface area contributed by atoms with E-state index in [0.29, 0.717) is 28.6 Å². The van der Waals surface area contributed by atoms with Crippen LogP contribution < -0.4 is 10.6 Å². The molecule has 1 saturated carbocycles. The summed E-state index contributed by atoms with van der Waals surface area (Å²) in [5.74, 6) is 1.73. The molecule has 1 aromatic carbocycles. The first-order valence-corrected chi connectivity index (χ1v) is 13.5. The lowest BCUT2D eigenvalue weighted by molar-refractivity contribution is 0.307. The van der Waals surface area contributed by atoms with Gasteiger partial charge in [0.25, 0.3) is 10.1 Å². The third kappa shape index (κ3) is 6.34. The van der Waals surface area contributed by atoms with Gasteiger partial charge in [-0.1, -0.05) is 34.2 Å². The Balaban J connectivity index is 1.57. The summed E-state index contributed by atoms with van der Waals surface area (Å²) in [6, 6.07) is 7.89. The number of nitrogens with one attached hydrogen (secondary N) is 2. The molecule has 0 spiro atoms. The average molecular weight is 526 g/mol. The second kappa shape index (κ2) is 9.35. The molecule has 0 radical (unpaired) electrons. The minimum absolute atomic E-state index is 0.154. The number of nitrogens with zero attached hydrogens (tertiary/aromatic N) is 3. The molecule has 2 aromatic heterocycles. The minimum Gasteiger partial charge on any atom is -0.351 e. The number of rotatable bonds is 7. The van der Waals surface area contributed by atoms with Gasteiger partial charge in [-0.05, 0) is 49.8 Å². The van der Waals surface area contributed by atoms with Crippen LogP contribution in [-0.2, 0) is 20.9 Å². The topological polar surface area (TPSA) is 106 Å². The Morgan fingerprint density at radius 3 is 2.68 bits per heavy atom. The summed E-state index contributed by atoms with van der Waals surface area (Å²) in [6.07, 6.45) is 5.48. The molecule has 2 N–H and O–H groups in total. The van der Waals surface area contributed by atoms with Crippen molar-refractivity contribution < 1.29 is 12.6 Å². The monoisotopic (exact) mass is 525 g/mol. The van der Waals surface area contributed by atoms with Gasteiger partial charge in [0.05, 0.1) is 22.2 Å². The molecule has 0 unspecified atom stereocenters. The van der Waals surface area contributed by atoms with E-state index in [1.807, 2.05) is 18.2 Å². The summed E-state index contributed by atoms with van der Waals surface area (Å²) < 4.78 is 29.8. The van der Waals surface area contributed by atoms with Gasteiger partial charge >= 0.3 is 0 Å². The third-order valence-electron chi connectivity index (χ3n) is 5.13. The van der Waals surface area contributed by atoms with Gasteiger partial charge in [0.15, 0.2) is 5.13 Å². The lowest BCUT2D eigenvalue weighted by Gasteiger charge is -2.27. The number of benzene rings is 1. The molecule has 1 fully saturated rings. The summed E-state index contributed by atoms with van der Waals surface area (Å²) in [4.78, 5) is 13.7.